The number of halogens is 4. The van der Waals surface area contributed by atoms with Crippen LogP contribution in [0.5, 0.6) is 0 Å². The number of anilines is 1. The molecule has 0 aliphatic rings. The van der Waals surface area contributed by atoms with Gasteiger partial charge >= 0.3 is 12.1 Å². The minimum Gasteiger partial charge on any atom is -0.478 e. The summed E-state index contributed by atoms with van der Waals surface area (Å²) in [6, 6.07) is 16.5. The van der Waals surface area contributed by atoms with Gasteiger partial charge in [0.25, 0.3) is 0 Å². The number of carbonyl (C=O) groups is 1. The number of hydrogen-bond acceptors (Lipinski definition) is 3. The van der Waals surface area contributed by atoms with E-state index in [1.165, 1.54) is 24.3 Å². The van der Waals surface area contributed by atoms with Crippen molar-refractivity contribution < 1.29 is 23.1 Å². The summed E-state index contributed by atoms with van der Waals surface area (Å²) >= 11 is 6.20. The normalized spacial score (nSPS) is 11.4. The summed E-state index contributed by atoms with van der Waals surface area (Å²) in [5, 5.41) is 17.6. The lowest BCUT2D eigenvalue weighted by Crippen LogP contribution is -2.04. The number of rotatable bonds is 6. The maximum absolute atomic E-state index is 13.0. The molecule has 0 radical (unpaired) electrons. The Morgan fingerprint density at radius 2 is 1.74 bits per heavy atom. The molecule has 0 saturated carbocycles. The standard InChI is InChI=1S/C25H19ClF3N3O2/c1-15-2-9-20(12-22(15)26)30-13-18-14-32(21-10-5-17(6-11-21)24(33)34)31-23(18)16-3-7-19(8-4-16)25(27,28)29/h2-12,14,30H,13H2,1H3,(H,33,34). The van der Waals surface area contributed by atoms with Crippen molar-refractivity contribution >= 4 is 23.3 Å². The highest BCUT2D eigenvalue weighted by Gasteiger charge is 2.30. The number of carboxylic acids is 1. The summed E-state index contributed by atoms with van der Waals surface area (Å²) in [5.41, 5.74) is 3.49. The third kappa shape index (κ3) is 5.07. The summed E-state index contributed by atoms with van der Waals surface area (Å²) in [6.07, 6.45) is -2.68. The molecule has 3 aromatic carbocycles. The predicted octanol–water partition coefficient (Wildman–Crippen LogP) is 6.83. The highest BCUT2D eigenvalue weighted by molar-refractivity contribution is 6.31. The number of alkyl halides is 3. The second-order valence-electron chi connectivity index (χ2n) is 7.69. The SMILES string of the molecule is Cc1ccc(NCc2cn(-c3ccc(C(=O)O)cc3)nc2-c2ccc(C(F)(F)F)cc2)cc1Cl. The summed E-state index contributed by atoms with van der Waals surface area (Å²) in [4.78, 5) is 11.1. The Hall–Kier alpha value is -3.78. The number of aromatic carboxylic acids is 1. The Balaban J connectivity index is 1.70. The Kier molecular flexibility index (Phi) is 6.34. The molecule has 9 heteroatoms. The molecule has 0 fully saturated rings. The van der Waals surface area contributed by atoms with E-state index in [2.05, 4.69) is 10.4 Å². The molecular formula is C25H19ClF3N3O2. The molecule has 34 heavy (non-hydrogen) atoms. The van der Waals surface area contributed by atoms with Gasteiger partial charge in [-0.1, -0.05) is 29.8 Å². The van der Waals surface area contributed by atoms with Gasteiger partial charge in [-0.25, -0.2) is 9.48 Å². The van der Waals surface area contributed by atoms with Gasteiger partial charge in [0.1, 0.15) is 0 Å². The zero-order chi connectivity index (χ0) is 24.5. The minimum atomic E-state index is -4.43. The molecule has 4 aromatic rings. The van der Waals surface area contributed by atoms with E-state index in [0.717, 1.165) is 28.9 Å². The van der Waals surface area contributed by atoms with Crippen molar-refractivity contribution in [2.45, 2.75) is 19.6 Å². The zero-order valence-electron chi connectivity index (χ0n) is 17.9. The van der Waals surface area contributed by atoms with Gasteiger partial charge in [0.05, 0.1) is 22.5 Å². The zero-order valence-corrected chi connectivity index (χ0v) is 18.7. The van der Waals surface area contributed by atoms with Crippen LogP contribution in [0.25, 0.3) is 16.9 Å². The fourth-order valence-corrected chi connectivity index (χ4v) is 3.57. The van der Waals surface area contributed by atoms with Crippen LogP contribution in [0.1, 0.15) is 27.0 Å². The van der Waals surface area contributed by atoms with Gasteiger partial charge < -0.3 is 10.4 Å². The summed E-state index contributed by atoms with van der Waals surface area (Å²) in [7, 11) is 0. The summed E-state index contributed by atoms with van der Waals surface area (Å²) in [5.74, 6) is -1.04. The molecule has 0 unspecified atom stereocenters. The third-order valence-corrected chi connectivity index (χ3v) is 5.72. The first-order valence-electron chi connectivity index (χ1n) is 10.2. The minimum absolute atomic E-state index is 0.136. The van der Waals surface area contributed by atoms with E-state index in [9.17, 15) is 18.0 Å². The van der Waals surface area contributed by atoms with E-state index in [4.69, 9.17) is 16.7 Å². The van der Waals surface area contributed by atoms with E-state index in [1.807, 2.05) is 19.1 Å². The lowest BCUT2D eigenvalue weighted by molar-refractivity contribution is -0.137. The largest absolute Gasteiger partial charge is 0.478 e. The number of aryl methyl sites for hydroxylation is 1. The van der Waals surface area contributed by atoms with Gasteiger partial charge in [0, 0.05) is 34.6 Å². The molecule has 0 aliphatic heterocycles. The lowest BCUT2D eigenvalue weighted by atomic mass is 10.1. The van der Waals surface area contributed by atoms with Crippen LogP contribution < -0.4 is 5.32 Å². The summed E-state index contributed by atoms with van der Waals surface area (Å²) < 4.78 is 40.6. The van der Waals surface area contributed by atoms with Crippen molar-refractivity contribution in [3.63, 3.8) is 0 Å². The number of aromatic nitrogens is 2. The van der Waals surface area contributed by atoms with Crippen molar-refractivity contribution in [1.29, 1.82) is 0 Å². The molecule has 1 heterocycles. The van der Waals surface area contributed by atoms with Gasteiger partial charge in [-0.3, -0.25) is 0 Å². The van der Waals surface area contributed by atoms with Crippen LogP contribution in [0.15, 0.2) is 72.9 Å². The smallest absolute Gasteiger partial charge is 0.416 e. The molecule has 5 nitrogen and oxygen atoms in total. The Morgan fingerprint density at radius 1 is 1.06 bits per heavy atom. The van der Waals surface area contributed by atoms with Crippen LogP contribution in [0.4, 0.5) is 18.9 Å². The Labute approximate surface area is 198 Å². The fraction of sp³-hybridized carbons (Fsp3) is 0.120. The Morgan fingerprint density at radius 3 is 2.32 bits per heavy atom. The molecule has 0 spiro atoms. The van der Waals surface area contributed by atoms with Gasteiger partial charge in [-0.05, 0) is 61.0 Å². The average molecular weight is 486 g/mol. The van der Waals surface area contributed by atoms with Gasteiger partial charge in [-0.15, -0.1) is 0 Å². The second-order valence-corrected chi connectivity index (χ2v) is 8.10. The first kappa shape index (κ1) is 23.4. The quantitative estimate of drug-likeness (QED) is 0.314. The van der Waals surface area contributed by atoms with E-state index >= 15 is 0 Å². The first-order valence-corrected chi connectivity index (χ1v) is 10.6. The first-order chi connectivity index (χ1) is 16.1. The van der Waals surface area contributed by atoms with E-state index < -0.39 is 17.7 Å². The molecule has 0 amide bonds. The van der Waals surface area contributed by atoms with Crippen LogP contribution >= 0.6 is 11.6 Å². The molecule has 4 rings (SSSR count). The molecule has 0 aliphatic carbocycles. The summed E-state index contributed by atoms with van der Waals surface area (Å²) in [6.45, 7) is 2.23. The number of nitrogens with zero attached hydrogens (tertiary/aromatic N) is 2. The molecule has 174 valence electrons. The third-order valence-electron chi connectivity index (χ3n) is 5.31. The molecular weight excluding hydrogens is 467 g/mol. The van der Waals surface area contributed by atoms with E-state index in [1.54, 1.807) is 29.1 Å². The maximum atomic E-state index is 13.0. The van der Waals surface area contributed by atoms with Gasteiger partial charge in [0.15, 0.2) is 0 Å². The number of hydrogen-bond donors (Lipinski definition) is 2. The predicted molar refractivity (Wildman–Crippen MR) is 124 cm³/mol. The van der Waals surface area contributed by atoms with Crippen LogP contribution in [0.2, 0.25) is 5.02 Å². The fourth-order valence-electron chi connectivity index (χ4n) is 3.39. The van der Waals surface area contributed by atoms with Crippen molar-refractivity contribution in [2.24, 2.45) is 0 Å². The average Bonchev–Trinajstić information content (AvgIpc) is 3.24. The number of carboxylic acid groups (broad SMARTS) is 1. The lowest BCUT2D eigenvalue weighted by Gasteiger charge is -2.09. The molecule has 0 atom stereocenters. The van der Waals surface area contributed by atoms with Crippen molar-refractivity contribution in [2.75, 3.05) is 5.32 Å². The monoisotopic (exact) mass is 485 g/mol. The van der Waals surface area contributed by atoms with Gasteiger partial charge in [-0.2, -0.15) is 18.3 Å². The number of nitrogens with one attached hydrogen (secondary N) is 1. The Bertz CT molecular complexity index is 1330. The molecule has 1 aromatic heterocycles. The van der Waals surface area contributed by atoms with Crippen LogP contribution in [-0.2, 0) is 12.7 Å². The van der Waals surface area contributed by atoms with Crippen LogP contribution in [0.3, 0.4) is 0 Å². The second kappa shape index (κ2) is 9.23. The topological polar surface area (TPSA) is 67.2 Å². The van der Waals surface area contributed by atoms with E-state index in [-0.39, 0.29) is 5.56 Å². The van der Waals surface area contributed by atoms with Crippen molar-refractivity contribution in [3.8, 4) is 16.9 Å². The number of benzene rings is 3. The highest BCUT2D eigenvalue weighted by Crippen LogP contribution is 2.32. The van der Waals surface area contributed by atoms with E-state index in [0.29, 0.717) is 28.5 Å². The van der Waals surface area contributed by atoms with Crippen molar-refractivity contribution in [3.05, 3.63) is 100 Å². The molecule has 0 bridgehead atoms. The van der Waals surface area contributed by atoms with Crippen molar-refractivity contribution in [1.82, 2.24) is 9.78 Å². The molecule has 0 saturated heterocycles. The molecule has 2 N–H and O–H groups in total. The van der Waals surface area contributed by atoms with Crippen LogP contribution in [-0.4, -0.2) is 20.9 Å². The highest BCUT2D eigenvalue weighted by atomic mass is 35.5. The van der Waals surface area contributed by atoms with Crippen LogP contribution in [0, 0.1) is 6.92 Å². The maximum Gasteiger partial charge on any atom is 0.416 e. The van der Waals surface area contributed by atoms with Gasteiger partial charge in [0.2, 0.25) is 0 Å².